The largest absolute Gasteiger partial charge is 0.333 e. The molecule has 3 nitrogen and oxygen atoms in total. The first-order valence-corrected chi connectivity index (χ1v) is 7.73. The molecule has 1 atom stereocenters. The molecule has 0 aliphatic carbocycles. The molecule has 108 valence electrons. The Kier molecular flexibility index (Phi) is 3.79. The van der Waals surface area contributed by atoms with Crippen molar-refractivity contribution >= 4 is 5.91 Å². The van der Waals surface area contributed by atoms with Crippen LogP contribution in [-0.2, 0) is 11.3 Å². The van der Waals surface area contributed by atoms with E-state index in [1.54, 1.807) is 0 Å². The van der Waals surface area contributed by atoms with Crippen LogP contribution >= 0.6 is 0 Å². The summed E-state index contributed by atoms with van der Waals surface area (Å²) in [6, 6.07) is 10.4. The van der Waals surface area contributed by atoms with Crippen molar-refractivity contribution in [3.05, 3.63) is 35.9 Å². The van der Waals surface area contributed by atoms with Gasteiger partial charge in [0.2, 0.25) is 5.91 Å². The van der Waals surface area contributed by atoms with Crippen LogP contribution in [0.1, 0.15) is 37.7 Å². The van der Waals surface area contributed by atoms with Crippen LogP contribution in [0.4, 0.5) is 0 Å². The molecule has 0 aromatic heterocycles. The highest BCUT2D eigenvalue weighted by molar-refractivity contribution is 5.79. The van der Waals surface area contributed by atoms with Gasteiger partial charge < -0.3 is 9.80 Å². The van der Waals surface area contributed by atoms with E-state index in [1.165, 1.54) is 12.0 Å². The number of benzene rings is 1. The average Bonchev–Trinajstić information content (AvgIpc) is 2.65. The van der Waals surface area contributed by atoms with E-state index >= 15 is 0 Å². The first kappa shape index (κ1) is 13.6. The molecule has 0 saturated carbocycles. The monoisotopic (exact) mass is 272 g/mol. The van der Waals surface area contributed by atoms with Crippen LogP contribution < -0.4 is 0 Å². The highest BCUT2D eigenvalue weighted by atomic mass is 16.2. The van der Waals surface area contributed by atoms with Crippen LogP contribution in [0.5, 0.6) is 0 Å². The number of hydrogen-bond acceptors (Lipinski definition) is 2. The van der Waals surface area contributed by atoms with E-state index in [2.05, 4.69) is 41.1 Å². The van der Waals surface area contributed by atoms with Crippen molar-refractivity contribution in [2.24, 2.45) is 0 Å². The molecule has 20 heavy (non-hydrogen) atoms. The lowest BCUT2D eigenvalue weighted by Crippen LogP contribution is -2.45. The van der Waals surface area contributed by atoms with Gasteiger partial charge >= 0.3 is 0 Å². The van der Waals surface area contributed by atoms with E-state index in [1.807, 2.05) is 6.07 Å². The highest BCUT2D eigenvalue weighted by Crippen LogP contribution is 2.39. The molecule has 2 saturated heterocycles. The fourth-order valence-electron chi connectivity index (χ4n) is 3.73. The second kappa shape index (κ2) is 5.57. The molecule has 3 heteroatoms. The molecule has 0 unspecified atom stereocenters. The standard InChI is InChI=1S/C17H24N2O/c1-18-12-5-9-17(11-13-18)10-8-16(20)19(17)14-15-6-3-2-4-7-15/h2-4,6-7H,5,8-14H2,1H3/t17-/m0/s1. The normalized spacial score (nSPS) is 28.1. The summed E-state index contributed by atoms with van der Waals surface area (Å²) in [6.07, 6.45) is 5.27. The molecule has 2 aliphatic rings. The van der Waals surface area contributed by atoms with Gasteiger partial charge in [-0.15, -0.1) is 0 Å². The zero-order valence-corrected chi connectivity index (χ0v) is 12.3. The summed E-state index contributed by atoms with van der Waals surface area (Å²) < 4.78 is 0. The molecule has 2 heterocycles. The van der Waals surface area contributed by atoms with Crippen molar-refractivity contribution in [2.75, 3.05) is 20.1 Å². The number of carbonyl (C=O) groups is 1. The van der Waals surface area contributed by atoms with Crippen molar-refractivity contribution in [3.8, 4) is 0 Å². The van der Waals surface area contributed by atoms with E-state index in [-0.39, 0.29) is 5.54 Å². The zero-order valence-electron chi connectivity index (χ0n) is 12.3. The second-order valence-electron chi connectivity index (χ2n) is 6.35. The van der Waals surface area contributed by atoms with Gasteiger partial charge in [-0.3, -0.25) is 4.79 Å². The summed E-state index contributed by atoms with van der Waals surface area (Å²) in [4.78, 5) is 16.9. The summed E-state index contributed by atoms with van der Waals surface area (Å²) in [6.45, 7) is 3.05. The third-order valence-electron chi connectivity index (χ3n) is 5.00. The number of rotatable bonds is 2. The first-order valence-electron chi connectivity index (χ1n) is 7.73. The van der Waals surface area contributed by atoms with Gasteiger partial charge in [0.25, 0.3) is 0 Å². The fourth-order valence-corrected chi connectivity index (χ4v) is 3.73. The number of carbonyl (C=O) groups excluding carboxylic acids is 1. The maximum atomic E-state index is 12.4. The lowest BCUT2D eigenvalue weighted by Gasteiger charge is -2.38. The van der Waals surface area contributed by atoms with Gasteiger partial charge in [0.15, 0.2) is 0 Å². The minimum Gasteiger partial charge on any atom is -0.333 e. The van der Waals surface area contributed by atoms with Gasteiger partial charge in [0, 0.05) is 25.0 Å². The van der Waals surface area contributed by atoms with E-state index < -0.39 is 0 Å². The Morgan fingerprint density at radius 1 is 1.10 bits per heavy atom. The predicted molar refractivity (Wildman–Crippen MR) is 80.3 cm³/mol. The van der Waals surface area contributed by atoms with Crippen molar-refractivity contribution < 1.29 is 4.79 Å². The molecular formula is C17H24N2O. The van der Waals surface area contributed by atoms with Gasteiger partial charge in [-0.05, 0) is 44.8 Å². The third kappa shape index (κ3) is 2.59. The van der Waals surface area contributed by atoms with Crippen molar-refractivity contribution in [2.45, 2.75) is 44.2 Å². The van der Waals surface area contributed by atoms with Gasteiger partial charge in [-0.2, -0.15) is 0 Å². The molecule has 3 rings (SSSR count). The van der Waals surface area contributed by atoms with E-state index in [9.17, 15) is 4.79 Å². The average molecular weight is 272 g/mol. The van der Waals surface area contributed by atoms with E-state index in [0.717, 1.165) is 45.3 Å². The Bertz CT molecular complexity index is 473. The quantitative estimate of drug-likeness (QED) is 0.826. The van der Waals surface area contributed by atoms with E-state index in [0.29, 0.717) is 5.91 Å². The Labute approximate surface area is 121 Å². The van der Waals surface area contributed by atoms with E-state index in [4.69, 9.17) is 0 Å². The maximum absolute atomic E-state index is 12.4. The van der Waals surface area contributed by atoms with Crippen molar-refractivity contribution in [3.63, 3.8) is 0 Å². The summed E-state index contributed by atoms with van der Waals surface area (Å²) in [5, 5.41) is 0. The molecule has 1 aromatic carbocycles. The van der Waals surface area contributed by atoms with Crippen LogP contribution in [0.15, 0.2) is 30.3 Å². The van der Waals surface area contributed by atoms with Gasteiger partial charge in [-0.1, -0.05) is 30.3 Å². The summed E-state index contributed by atoms with van der Waals surface area (Å²) in [5.41, 5.74) is 1.37. The Morgan fingerprint density at radius 3 is 2.70 bits per heavy atom. The molecule has 1 amide bonds. The maximum Gasteiger partial charge on any atom is 0.223 e. The fraction of sp³-hybridized carbons (Fsp3) is 0.588. The van der Waals surface area contributed by atoms with Gasteiger partial charge in [-0.25, -0.2) is 0 Å². The highest BCUT2D eigenvalue weighted by Gasteiger charge is 2.45. The van der Waals surface area contributed by atoms with Crippen molar-refractivity contribution in [1.82, 2.24) is 9.80 Å². The SMILES string of the molecule is CN1CCC[C@]2(CCC(=O)N2Cc2ccccc2)CC1. The van der Waals surface area contributed by atoms with Crippen LogP contribution in [0.3, 0.4) is 0 Å². The molecule has 2 fully saturated rings. The minimum atomic E-state index is 0.123. The van der Waals surface area contributed by atoms with Crippen LogP contribution in [0, 0.1) is 0 Å². The first-order chi connectivity index (χ1) is 9.70. The Balaban J connectivity index is 1.81. The number of amides is 1. The van der Waals surface area contributed by atoms with Crippen LogP contribution in [0.2, 0.25) is 0 Å². The van der Waals surface area contributed by atoms with Crippen LogP contribution in [0.25, 0.3) is 0 Å². The van der Waals surface area contributed by atoms with Crippen LogP contribution in [-0.4, -0.2) is 41.4 Å². The van der Waals surface area contributed by atoms with Gasteiger partial charge in [0.1, 0.15) is 0 Å². The molecule has 1 spiro atoms. The molecule has 0 radical (unpaired) electrons. The molecular weight excluding hydrogens is 248 g/mol. The smallest absolute Gasteiger partial charge is 0.223 e. The molecule has 1 aromatic rings. The summed E-state index contributed by atoms with van der Waals surface area (Å²) in [5.74, 6) is 0.346. The third-order valence-corrected chi connectivity index (χ3v) is 5.00. The number of hydrogen-bond donors (Lipinski definition) is 0. The predicted octanol–water partition coefficient (Wildman–Crippen LogP) is 2.66. The van der Waals surface area contributed by atoms with Gasteiger partial charge in [0.05, 0.1) is 0 Å². The second-order valence-corrected chi connectivity index (χ2v) is 6.35. The Morgan fingerprint density at radius 2 is 1.90 bits per heavy atom. The van der Waals surface area contributed by atoms with Crippen molar-refractivity contribution in [1.29, 1.82) is 0 Å². The number of likely N-dealkylation sites (tertiary alicyclic amines) is 2. The topological polar surface area (TPSA) is 23.6 Å². The summed E-state index contributed by atoms with van der Waals surface area (Å²) >= 11 is 0. The zero-order chi connectivity index (χ0) is 14.0. The Hall–Kier alpha value is -1.35. The lowest BCUT2D eigenvalue weighted by atomic mass is 9.87. The molecule has 2 aliphatic heterocycles. The lowest BCUT2D eigenvalue weighted by molar-refractivity contribution is -0.132. The summed E-state index contributed by atoms with van der Waals surface area (Å²) in [7, 11) is 2.19. The minimum absolute atomic E-state index is 0.123. The molecule has 0 N–H and O–H groups in total. The molecule has 0 bridgehead atoms. The number of nitrogens with zero attached hydrogens (tertiary/aromatic N) is 2.